The Morgan fingerprint density at radius 2 is 2.33 bits per heavy atom. The van der Waals surface area contributed by atoms with Crippen LogP contribution >= 0.6 is 15.9 Å². The molecule has 0 spiro atoms. The first-order chi connectivity index (χ1) is 7.24. The van der Waals surface area contributed by atoms with Crippen molar-refractivity contribution < 1.29 is 19.1 Å². The number of halogens is 1. The van der Waals surface area contributed by atoms with E-state index in [-0.39, 0.29) is 24.9 Å². The van der Waals surface area contributed by atoms with E-state index in [9.17, 15) is 4.79 Å². The van der Waals surface area contributed by atoms with Crippen LogP contribution in [0.25, 0.3) is 0 Å². The van der Waals surface area contributed by atoms with Gasteiger partial charge in [-0.15, -0.1) is 0 Å². The van der Waals surface area contributed by atoms with Crippen molar-refractivity contribution in [1.29, 1.82) is 0 Å². The highest BCUT2D eigenvalue weighted by molar-refractivity contribution is 9.10. The highest BCUT2D eigenvalue weighted by Gasteiger charge is 2.08. The van der Waals surface area contributed by atoms with Gasteiger partial charge in [0.1, 0.15) is 0 Å². The first kappa shape index (κ1) is 12.2. The first-order valence-corrected chi connectivity index (χ1v) is 5.25. The fraction of sp³-hybridized carbons (Fsp3) is 0.444. The lowest BCUT2D eigenvalue weighted by atomic mass is 10.4. The third-order valence-electron chi connectivity index (χ3n) is 1.56. The van der Waals surface area contributed by atoms with Gasteiger partial charge < -0.3 is 19.6 Å². The van der Waals surface area contributed by atoms with Crippen LogP contribution in [0.1, 0.15) is 10.6 Å². The Morgan fingerprint density at radius 1 is 1.53 bits per heavy atom. The number of aliphatic hydroxyl groups excluding tert-OH is 1. The van der Waals surface area contributed by atoms with Crippen LogP contribution in [0.2, 0.25) is 0 Å². The second-order valence-corrected chi connectivity index (χ2v) is 3.48. The molecular formula is C9H12BrNO4. The van der Waals surface area contributed by atoms with E-state index in [1.807, 2.05) is 0 Å². The van der Waals surface area contributed by atoms with Crippen LogP contribution < -0.4 is 5.32 Å². The van der Waals surface area contributed by atoms with E-state index in [4.69, 9.17) is 14.3 Å². The lowest BCUT2D eigenvalue weighted by Crippen LogP contribution is -2.27. The van der Waals surface area contributed by atoms with Crippen molar-refractivity contribution >= 4 is 21.8 Å². The molecular weight excluding hydrogens is 266 g/mol. The minimum Gasteiger partial charge on any atom is -0.444 e. The van der Waals surface area contributed by atoms with Gasteiger partial charge in [-0.3, -0.25) is 4.79 Å². The molecule has 0 bridgehead atoms. The molecule has 0 aromatic carbocycles. The number of nitrogens with one attached hydrogen (secondary N) is 1. The number of aliphatic hydroxyl groups is 1. The minimum absolute atomic E-state index is 0.0148. The van der Waals surface area contributed by atoms with Crippen molar-refractivity contribution in [3.8, 4) is 0 Å². The fourth-order valence-electron chi connectivity index (χ4n) is 0.927. The average molecular weight is 278 g/mol. The molecule has 84 valence electrons. The molecule has 1 amide bonds. The average Bonchev–Trinajstić information content (AvgIpc) is 2.64. The highest BCUT2D eigenvalue weighted by Crippen LogP contribution is 2.13. The quantitative estimate of drug-likeness (QED) is 0.754. The molecule has 5 nitrogen and oxygen atoms in total. The van der Waals surface area contributed by atoms with Crippen molar-refractivity contribution in [3.63, 3.8) is 0 Å². The number of hydrogen-bond acceptors (Lipinski definition) is 4. The first-order valence-electron chi connectivity index (χ1n) is 4.46. The predicted molar refractivity (Wildman–Crippen MR) is 56.6 cm³/mol. The Hall–Kier alpha value is -0.850. The normalized spacial score (nSPS) is 10.3. The molecule has 0 aliphatic heterocycles. The second-order valence-electron chi connectivity index (χ2n) is 2.70. The Labute approximate surface area is 95.5 Å². The molecule has 15 heavy (non-hydrogen) atoms. The van der Waals surface area contributed by atoms with E-state index >= 15 is 0 Å². The Morgan fingerprint density at radius 3 is 2.93 bits per heavy atom. The van der Waals surface area contributed by atoms with Crippen LogP contribution in [-0.2, 0) is 4.74 Å². The third-order valence-corrected chi connectivity index (χ3v) is 1.99. The van der Waals surface area contributed by atoms with Crippen molar-refractivity contribution in [2.24, 2.45) is 0 Å². The summed E-state index contributed by atoms with van der Waals surface area (Å²) in [7, 11) is 0. The van der Waals surface area contributed by atoms with E-state index < -0.39 is 0 Å². The molecule has 6 heteroatoms. The van der Waals surface area contributed by atoms with Crippen molar-refractivity contribution in [2.45, 2.75) is 0 Å². The number of carbonyl (C=O) groups excluding carboxylic acids is 1. The molecule has 0 aliphatic rings. The van der Waals surface area contributed by atoms with Crippen LogP contribution in [0.4, 0.5) is 0 Å². The maximum atomic E-state index is 11.4. The highest BCUT2D eigenvalue weighted by atomic mass is 79.9. The minimum atomic E-state index is -0.284. The van der Waals surface area contributed by atoms with E-state index in [1.54, 1.807) is 12.1 Å². The van der Waals surface area contributed by atoms with Gasteiger partial charge in [0.05, 0.1) is 19.8 Å². The van der Waals surface area contributed by atoms with Gasteiger partial charge in [0.15, 0.2) is 10.4 Å². The SMILES string of the molecule is O=C(NCCOCCO)c1ccc(Br)o1. The van der Waals surface area contributed by atoms with Crippen LogP contribution in [0.15, 0.2) is 21.2 Å². The van der Waals surface area contributed by atoms with E-state index in [0.29, 0.717) is 17.8 Å². The molecule has 0 aliphatic carbocycles. The number of ether oxygens (including phenoxy) is 1. The maximum Gasteiger partial charge on any atom is 0.287 e. The summed E-state index contributed by atoms with van der Waals surface area (Å²) in [6.45, 7) is 1.02. The van der Waals surface area contributed by atoms with Crippen LogP contribution in [0, 0.1) is 0 Å². The summed E-state index contributed by atoms with van der Waals surface area (Å²) in [5, 5.41) is 11.0. The van der Waals surface area contributed by atoms with Crippen molar-refractivity contribution in [3.05, 3.63) is 22.6 Å². The van der Waals surface area contributed by atoms with Gasteiger partial charge in [-0.05, 0) is 28.1 Å². The van der Waals surface area contributed by atoms with Crippen LogP contribution in [0.5, 0.6) is 0 Å². The summed E-state index contributed by atoms with van der Waals surface area (Å²) in [4.78, 5) is 11.4. The van der Waals surface area contributed by atoms with E-state index in [2.05, 4.69) is 21.2 Å². The summed E-state index contributed by atoms with van der Waals surface area (Å²) < 4.78 is 10.5. The van der Waals surface area contributed by atoms with Gasteiger partial charge in [-0.2, -0.15) is 0 Å². The van der Waals surface area contributed by atoms with Crippen molar-refractivity contribution in [2.75, 3.05) is 26.4 Å². The summed E-state index contributed by atoms with van der Waals surface area (Å²) in [5.74, 6) is -0.0302. The van der Waals surface area contributed by atoms with Crippen LogP contribution in [0.3, 0.4) is 0 Å². The molecule has 2 N–H and O–H groups in total. The van der Waals surface area contributed by atoms with Gasteiger partial charge in [0, 0.05) is 6.54 Å². The fourth-order valence-corrected chi connectivity index (χ4v) is 1.23. The number of furan rings is 1. The molecule has 0 saturated heterocycles. The molecule has 0 saturated carbocycles. The Kier molecular flexibility index (Phi) is 5.38. The molecule has 0 fully saturated rings. The summed E-state index contributed by atoms with van der Waals surface area (Å²) in [5.41, 5.74) is 0. The standard InChI is InChI=1S/C9H12BrNO4/c10-8-2-1-7(15-8)9(13)11-3-5-14-6-4-12/h1-2,12H,3-6H2,(H,11,13). The monoisotopic (exact) mass is 277 g/mol. The van der Waals surface area contributed by atoms with Gasteiger partial charge >= 0.3 is 0 Å². The summed E-state index contributed by atoms with van der Waals surface area (Å²) in [6, 6.07) is 3.23. The van der Waals surface area contributed by atoms with Gasteiger partial charge in [0.25, 0.3) is 5.91 Å². The summed E-state index contributed by atoms with van der Waals surface area (Å²) >= 11 is 3.10. The predicted octanol–water partition coefficient (Wildman–Crippen LogP) is 0.781. The molecule has 1 heterocycles. The molecule has 0 unspecified atom stereocenters. The van der Waals surface area contributed by atoms with Gasteiger partial charge in [-0.25, -0.2) is 0 Å². The second kappa shape index (κ2) is 6.60. The Balaban J connectivity index is 2.19. The smallest absolute Gasteiger partial charge is 0.287 e. The van der Waals surface area contributed by atoms with Gasteiger partial charge in [-0.1, -0.05) is 0 Å². The van der Waals surface area contributed by atoms with Crippen molar-refractivity contribution in [1.82, 2.24) is 5.32 Å². The lowest BCUT2D eigenvalue weighted by Gasteiger charge is -2.03. The molecule has 1 aromatic rings. The number of amides is 1. The van der Waals surface area contributed by atoms with Crippen LogP contribution in [-0.4, -0.2) is 37.4 Å². The topological polar surface area (TPSA) is 71.7 Å². The number of carbonyl (C=O) groups is 1. The summed E-state index contributed by atoms with van der Waals surface area (Å²) in [6.07, 6.45) is 0. The number of rotatable bonds is 6. The molecule has 1 aromatic heterocycles. The lowest BCUT2D eigenvalue weighted by molar-refractivity contribution is 0.0820. The number of hydrogen-bond donors (Lipinski definition) is 2. The van der Waals surface area contributed by atoms with E-state index in [0.717, 1.165) is 0 Å². The largest absolute Gasteiger partial charge is 0.444 e. The third kappa shape index (κ3) is 4.46. The maximum absolute atomic E-state index is 11.4. The zero-order valence-corrected chi connectivity index (χ0v) is 9.62. The Bertz CT molecular complexity index is 313. The van der Waals surface area contributed by atoms with Gasteiger partial charge in [0.2, 0.25) is 0 Å². The van der Waals surface area contributed by atoms with E-state index in [1.165, 1.54) is 0 Å². The molecule has 1 rings (SSSR count). The zero-order chi connectivity index (χ0) is 11.1. The molecule has 0 atom stereocenters. The molecule has 0 radical (unpaired) electrons. The zero-order valence-electron chi connectivity index (χ0n) is 8.03.